The van der Waals surface area contributed by atoms with Crippen LogP contribution in [0.4, 0.5) is 0 Å². The Morgan fingerprint density at radius 3 is 2.83 bits per heavy atom. The molecule has 1 nitrogen and oxygen atoms in total. The zero-order valence-corrected chi connectivity index (χ0v) is 6.15. The molecule has 0 N–H and O–H groups in total. The molecule has 1 fully saturated rings. The quantitative estimate of drug-likeness (QED) is 0.381. The van der Waals surface area contributed by atoms with Gasteiger partial charge in [-0.3, -0.25) is 0 Å². The summed E-state index contributed by atoms with van der Waals surface area (Å²) in [7, 11) is 1.14. The summed E-state index contributed by atoms with van der Waals surface area (Å²) >= 11 is 0.582. The average Bonchev–Trinajstić information content (AvgIpc) is 1.72. The summed E-state index contributed by atoms with van der Waals surface area (Å²) in [6.07, 6.45) is 2.74. The Hall–Kier alpha value is 0.909. The summed E-state index contributed by atoms with van der Waals surface area (Å²) < 4.78 is 5.14. The van der Waals surface area contributed by atoms with Crippen LogP contribution in [0.15, 0.2) is 0 Å². The third-order valence-corrected chi connectivity index (χ3v) is 4.54. The third-order valence-electron chi connectivity index (χ3n) is 0.624. The van der Waals surface area contributed by atoms with Crippen LogP contribution >= 0.6 is 7.27 Å². The van der Waals surface area contributed by atoms with Gasteiger partial charge in [-0.05, 0) is 0 Å². The summed E-state index contributed by atoms with van der Waals surface area (Å²) in [4.78, 5) is 0. The second kappa shape index (κ2) is 2.98. The molecule has 1 aliphatic heterocycles. The van der Waals surface area contributed by atoms with Gasteiger partial charge < -0.3 is 0 Å². The Bertz CT molecular complexity index is 26.3. The van der Waals surface area contributed by atoms with E-state index in [0.29, 0.717) is 14.8 Å². The first-order valence-corrected chi connectivity index (χ1v) is 6.40. The normalized spacial score (nSPS) is 28.0. The Morgan fingerprint density at radius 1 is 1.67 bits per heavy atom. The standard InChI is InChI=1S/C3H7OPSe/c1-2-4-6-5-3-1/h5H,1-3H2. The first-order valence-electron chi connectivity index (χ1n) is 2.01. The van der Waals surface area contributed by atoms with Crippen molar-refractivity contribution in [3.8, 4) is 0 Å². The summed E-state index contributed by atoms with van der Waals surface area (Å²) in [6.45, 7) is 1.03. The second-order valence-electron chi connectivity index (χ2n) is 1.15. The van der Waals surface area contributed by atoms with Crippen LogP contribution in [0, 0.1) is 0 Å². The summed E-state index contributed by atoms with van der Waals surface area (Å²) in [6, 6.07) is 0. The molecule has 0 aliphatic carbocycles. The van der Waals surface area contributed by atoms with Gasteiger partial charge in [0.2, 0.25) is 0 Å². The first-order chi connectivity index (χ1) is 3.00. The van der Waals surface area contributed by atoms with Crippen molar-refractivity contribution >= 4 is 22.1 Å². The molecule has 1 atom stereocenters. The van der Waals surface area contributed by atoms with E-state index in [1.54, 1.807) is 0 Å². The Labute approximate surface area is 45.7 Å². The van der Waals surface area contributed by atoms with Gasteiger partial charge in [0.25, 0.3) is 0 Å². The van der Waals surface area contributed by atoms with Crippen molar-refractivity contribution in [2.75, 3.05) is 12.8 Å². The van der Waals surface area contributed by atoms with Crippen molar-refractivity contribution in [3.05, 3.63) is 0 Å². The molecule has 1 unspecified atom stereocenters. The average molecular weight is 169 g/mol. The molecule has 0 radical (unpaired) electrons. The molecule has 0 saturated carbocycles. The van der Waals surface area contributed by atoms with Gasteiger partial charge in [-0.1, -0.05) is 0 Å². The van der Waals surface area contributed by atoms with Gasteiger partial charge in [0.1, 0.15) is 0 Å². The molecule has 0 aromatic heterocycles. The minimum atomic E-state index is 0.582. The van der Waals surface area contributed by atoms with Crippen molar-refractivity contribution in [2.24, 2.45) is 0 Å². The van der Waals surface area contributed by atoms with E-state index in [-0.39, 0.29) is 0 Å². The molecule has 36 valence electrons. The molecule has 0 bridgehead atoms. The number of rotatable bonds is 0. The van der Waals surface area contributed by atoms with Crippen LogP contribution in [0.3, 0.4) is 0 Å². The fourth-order valence-electron chi connectivity index (χ4n) is 0.328. The molecule has 0 spiro atoms. The third kappa shape index (κ3) is 1.57. The van der Waals surface area contributed by atoms with Crippen LogP contribution < -0.4 is 0 Å². The Kier molecular flexibility index (Phi) is 2.51. The molecular weight excluding hydrogens is 162 g/mol. The predicted molar refractivity (Wildman–Crippen MR) is 29.5 cm³/mol. The SMILES string of the molecule is C1CO[Se]PC1. The molecule has 6 heavy (non-hydrogen) atoms. The van der Waals surface area contributed by atoms with Gasteiger partial charge in [0.15, 0.2) is 0 Å². The summed E-state index contributed by atoms with van der Waals surface area (Å²) in [5.41, 5.74) is 0. The van der Waals surface area contributed by atoms with Crippen molar-refractivity contribution < 1.29 is 3.82 Å². The maximum atomic E-state index is 5.14. The van der Waals surface area contributed by atoms with Crippen molar-refractivity contribution in [1.82, 2.24) is 0 Å². The molecule has 1 saturated heterocycles. The fraction of sp³-hybridized carbons (Fsp3) is 1.00. The van der Waals surface area contributed by atoms with Crippen LogP contribution in [0.5, 0.6) is 0 Å². The summed E-state index contributed by atoms with van der Waals surface area (Å²) in [5, 5.41) is 0. The summed E-state index contributed by atoms with van der Waals surface area (Å²) in [5.74, 6) is 0. The van der Waals surface area contributed by atoms with Gasteiger partial charge >= 0.3 is 45.1 Å². The number of hydrogen-bond donors (Lipinski definition) is 0. The monoisotopic (exact) mass is 170 g/mol. The molecule has 1 aliphatic rings. The van der Waals surface area contributed by atoms with E-state index in [2.05, 4.69) is 0 Å². The molecule has 0 aromatic carbocycles. The van der Waals surface area contributed by atoms with Crippen molar-refractivity contribution in [3.63, 3.8) is 0 Å². The topological polar surface area (TPSA) is 9.23 Å². The van der Waals surface area contributed by atoms with E-state index in [0.717, 1.165) is 13.9 Å². The van der Waals surface area contributed by atoms with E-state index < -0.39 is 0 Å². The van der Waals surface area contributed by atoms with Crippen LogP contribution in [0.25, 0.3) is 0 Å². The minimum absolute atomic E-state index is 0.582. The molecule has 1 rings (SSSR count). The van der Waals surface area contributed by atoms with Gasteiger partial charge in [-0.2, -0.15) is 0 Å². The Balaban J connectivity index is 2.00. The van der Waals surface area contributed by atoms with E-state index >= 15 is 0 Å². The van der Waals surface area contributed by atoms with Crippen LogP contribution in [0.1, 0.15) is 6.42 Å². The van der Waals surface area contributed by atoms with Gasteiger partial charge in [-0.25, -0.2) is 0 Å². The zero-order chi connectivity index (χ0) is 4.24. The number of hydrogen-bond acceptors (Lipinski definition) is 1. The zero-order valence-electron chi connectivity index (χ0n) is 3.44. The van der Waals surface area contributed by atoms with Gasteiger partial charge in [-0.15, -0.1) is 0 Å². The maximum absolute atomic E-state index is 5.14. The van der Waals surface area contributed by atoms with E-state index in [9.17, 15) is 0 Å². The van der Waals surface area contributed by atoms with Gasteiger partial charge in [0.05, 0.1) is 0 Å². The van der Waals surface area contributed by atoms with Crippen LogP contribution in [0.2, 0.25) is 0 Å². The molecular formula is C3H7OPSe. The first kappa shape index (κ1) is 5.05. The predicted octanol–water partition coefficient (Wildman–Crippen LogP) is 0.619. The molecule has 1 heterocycles. The second-order valence-corrected chi connectivity index (χ2v) is 5.47. The van der Waals surface area contributed by atoms with E-state index in [1.807, 2.05) is 0 Å². The van der Waals surface area contributed by atoms with Gasteiger partial charge in [0, 0.05) is 0 Å². The van der Waals surface area contributed by atoms with E-state index in [1.165, 1.54) is 12.6 Å². The molecule has 0 aromatic rings. The van der Waals surface area contributed by atoms with E-state index in [4.69, 9.17) is 3.82 Å². The van der Waals surface area contributed by atoms with Crippen molar-refractivity contribution in [2.45, 2.75) is 6.42 Å². The molecule has 3 heteroatoms. The van der Waals surface area contributed by atoms with Crippen molar-refractivity contribution in [1.29, 1.82) is 0 Å². The molecule has 0 amide bonds. The van der Waals surface area contributed by atoms with Crippen LogP contribution in [-0.2, 0) is 3.82 Å². The van der Waals surface area contributed by atoms with Crippen LogP contribution in [-0.4, -0.2) is 27.6 Å². The fourth-order valence-corrected chi connectivity index (χ4v) is 3.60. The Morgan fingerprint density at radius 2 is 2.67 bits per heavy atom.